The van der Waals surface area contributed by atoms with Gasteiger partial charge in [-0.15, -0.1) is 10.2 Å². The Bertz CT molecular complexity index is 763. The molecule has 0 bridgehead atoms. The fourth-order valence-corrected chi connectivity index (χ4v) is 3.33. The summed E-state index contributed by atoms with van der Waals surface area (Å²) < 4.78 is 0. The molecular formula is C19H25ClN4O2S. The van der Waals surface area contributed by atoms with Crippen molar-refractivity contribution in [2.75, 3.05) is 5.32 Å². The third-order valence-electron chi connectivity index (χ3n) is 4.32. The molecule has 0 radical (unpaired) electrons. The normalized spacial score (nSPS) is 13.0. The number of anilines is 1. The zero-order valence-electron chi connectivity index (χ0n) is 15.8. The van der Waals surface area contributed by atoms with Gasteiger partial charge in [0.1, 0.15) is 11.0 Å². The molecule has 0 aliphatic rings. The number of rotatable bonds is 9. The van der Waals surface area contributed by atoms with E-state index in [0.717, 1.165) is 24.8 Å². The summed E-state index contributed by atoms with van der Waals surface area (Å²) in [6.45, 7) is 5.97. The highest BCUT2D eigenvalue weighted by Gasteiger charge is 2.26. The molecule has 2 amide bonds. The standard InChI is InChI=1S/C19H25ClN4O2S/c1-4-6-7-15(25)21-16(12(3)5-2)17(26)22-19-24-23-18(27-19)13-8-10-14(20)11-9-13/h8-12,16H,4-7H2,1-3H3,(H,21,25)(H,22,24,26). The first-order valence-corrected chi connectivity index (χ1v) is 10.3. The van der Waals surface area contributed by atoms with Crippen LogP contribution in [0.25, 0.3) is 10.6 Å². The average Bonchev–Trinajstić information content (AvgIpc) is 3.12. The summed E-state index contributed by atoms with van der Waals surface area (Å²) in [4.78, 5) is 24.8. The molecule has 6 nitrogen and oxygen atoms in total. The monoisotopic (exact) mass is 408 g/mol. The Morgan fingerprint density at radius 1 is 1.19 bits per heavy atom. The summed E-state index contributed by atoms with van der Waals surface area (Å²) in [5.41, 5.74) is 0.878. The van der Waals surface area contributed by atoms with Crippen molar-refractivity contribution in [3.8, 4) is 10.6 Å². The van der Waals surface area contributed by atoms with Crippen molar-refractivity contribution < 1.29 is 9.59 Å². The third kappa shape index (κ3) is 6.29. The van der Waals surface area contributed by atoms with Crippen molar-refractivity contribution >= 4 is 39.9 Å². The van der Waals surface area contributed by atoms with Crippen LogP contribution in [0.5, 0.6) is 0 Å². The van der Waals surface area contributed by atoms with Crippen LogP contribution in [0.2, 0.25) is 5.02 Å². The van der Waals surface area contributed by atoms with Gasteiger partial charge in [0.2, 0.25) is 16.9 Å². The molecule has 0 saturated carbocycles. The van der Waals surface area contributed by atoms with E-state index in [0.29, 0.717) is 21.6 Å². The van der Waals surface area contributed by atoms with E-state index < -0.39 is 6.04 Å². The fraction of sp³-hybridized carbons (Fsp3) is 0.474. The molecule has 2 atom stereocenters. The first kappa shape index (κ1) is 21.3. The van der Waals surface area contributed by atoms with Gasteiger partial charge >= 0.3 is 0 Å². The van der Waals surface area contributed by atoms with E-state index in [9.17, 15) is 9.59 Å². The lowest BCUT2D eigenvalue weighted by atomic mass is 9.98. The van der Waals surface area contributed by atoms with Crippen molar-refractivity contribution in [3.05, 3.63) is 29.3 Å². The lowest BCUT2D eigenvalue weighted by molar-refractivity contribution is -0.127. The maximum absolute atomic E-state index is 12.7. The number of hydrogen-bond donors (Lipinski definition) is 2. The number of nitrogens with one attached hydrogen (secondary N) is 2. The van der Waals surface area contributed by atoms with Crippen molar-refractivity contribution in [1.82, 2.24) is 15.5 Å². The zero-order valence-corrected chi connectivity index (χ0v) is 17.4. The van der Waals surface area contributed by atoms with Crippen LogP contribution in [-0.4, -0.2) is 28.1 Å². The topological polar surface area (TPSA) is 84.0 Å². The molecule has 0 aliphatic carbocycles. The molecule has 146 valence electrons. The van der Waals surface area contributed by atoms with Gasteiger partial charge in [0.15, 0.2) is 0 Å². The Labute approximate surface area is 168 Å². The van der Waals surface area contributed by atoms with Crippen LogP contribution in [0.3, 0.4) is 0 Å². The molecule has 2 rings (SSSR count). The molecule has 8 heteroatoms. The first-order valence-electron chi connectivity index (χ1n) is 9.14. The summed E-state index contributed by atoms with van der Waals surface area (Å²) in [7, 11) is 0. The van der Waals surface area contributed by atoms with Crippen LogP contribution in [0, 0.1) is 5.92 Å². The van der Waals surface area contributed by atoms with Gasteiger partial charge in [-0.25, -0.2) is 0 Å². The van der Waals surface area contributed by atoms with Crippen molar-refractivity contribution in [2.45, 2.75) is 52.5 Å². The highest BCUT2D eigenvalue weighted by atomic mass is 35.5. The molecule has 0 fully saturated rings. The van der Waals surface area contributed by atoms with Crippen LogP contribution in [-0.2, 0) is 9.59 Å². The van der Waals surface area contributed by atoms with E-state index >= 15 is 0 Å². The van der Waals surface area contributed by atoms with Gasteiger partial charge in [0, 0.05) is 17.0 Å². The van der Waals surface area contributed by atoms with Crippen LogP contribution in [0.15, 0.2) is 24.3 Å². The Balaban J connectivity index is 2.05. The second-order valence-corrected chi connectivity index (χ2v) is 7.86. The van der Waals surface area contributed by atoms with Crippen molar-refractivity contribution in [1.29, 1.82) is 0 Å². The van der Waals surface area contributed by atoms with E-state index in [4.69, 9.17) is 11.6 Å². The minimum absolute atomic E-state index is 0.0132. The van der Waals surface area contributed by atoms with Crippen LogP contribution < -0.4 is 10.6 Å². The highest BCUT2D eigenvalue weighted by Crippen LogP contribution is 2.27. The van der Waals surface area contributed by atoms with Gasteiger partial charge in [0.05, 0.1) is 0 Å². The Morgan fingerprint density at radius 3 is 2.52 bits per heavy atom. The number of unbranched alkanes of at least 4 members (excludes halogenated alkanes) is 1. The molecule has 1 aromatic carbocycles. The van der Waals surface area contributed by atoms with Gasteiger partial charge in [-0.1, -0.05) is 68.7 Å². The lowest BCUT2D eigenvalue weighted by Gasteiger charge is -2.22. The van der Waals surface area contributed by atoms with Gasteiger partial charge in [-0.2, -0.15) is 0 Å². The number of carbonyl (C=O) groups is 2. The Hall–Kier alpha value is -1.99. The van der Waals surface area contributed by atoms with Crippen molar-refractivity contribution in [3.63, 3.8) is 0 Å². The number of aromatic nitrogens is 2. The predicted molar refractivity (Wildman–Crippen MR) is 110 cm³/mol. The average molecular weight is 409 g/mol. The largest absolute Gasteiger partial charge is 0.344 e. The van der Waals surface area contributed by atoms with E-state index in [1.54, 1.807) is 12.1 Å². The van der Waals surface area contributed by atoms with E-state index in [1.807, 2.05) is 32.9 Å². The second-order valence-electron chi connectivity index (χ2n) is 6.44. The van der Waals surface area contributed by atoms with Crippen LogP contribution >= 0.6 is 22.9 Å². The Morgan fingerprint density at radius 2 is 1.89 bits per heavy atom. The smallest absolute Gasteiger partial charge is 0.249 e. The molecule has 2 unspecified atom stereocenters. The molecule has 0 spiro atoms. The number of halogens is 1. The highest BCUT2D eigenvalue weighted by molar-refractivity contribution is 7.18. The quantitative estimate of drug-likeness (QED) is 0.638. The molecule has 1 heterocycles. The predicted octanol–water partition coefficient (Wildman–Crippen LogP) is 4.52. The molecule has 1 aromatic heterocycles. The lowest BCUT2D eigenvalue weighted by Crippen LogP contribution is -2.47. The zero-order chi connectivity index (χ0) is 19.8. The molecule has 2 aromatic rings. The summed E-state index contributed by atoms with van der Waals surface area (Å²) >= 11 is 7.18. The number of amides is 2. The van der Waals surface area contributed by atoms with E-state index in [-0.39, 0.29) is 17.7 Å². The van der Waals surface area contributed by atoms with Gasteiger partial charge in [-0.05, 0) is 24.5 Å². The fourth-order valence-electron chi connectivity index (χ4n) is 2.45. The maximum atomic E-state index is 12.7. The second kappa shape index (κ2) is 10.4. The molecule has 0 saturated heterocycles. The maximum Gasteiger partial charge on any atom is 0.249 e. The van der Waals surface area contributed by atoms with E-state index in [1.165, 1.54) is 11.3 Å². The molecule has 0 aliphatic heterocycles. The van der Waals surface area contributed by atoms with Crippen LogP contribution in [0.1, 0.15) is 46.5 Å². The van der Waals surface area contributed by atoms with Gasteiger partial charge in [-0.3, -0.25) is 14.9 Å². The molecular weight excluding hydrogens is 384 g/mol. The van der Waals surface area contributed by atoms with Gasteiger partial charge < -0.3 is 5.32 Å². The number of carbonyl (C=O) groups excluding carboxylic acids is 2. The summed E-state index contributed by atoms with van der Waals surface area (Å²) in [5, 5.41) is 15.5. The summed E-state index contributed by atoms with van der Waals surface area (Å²) in [6, 6.07) is 6.67. The minimum atomic E-state index is -0.595. The molecule has 27 heavy (non-hydrogen) atoms. The summed E-state index contributed by atoms with van der Waals surface area (Å²) in [6.07, 6.45) is 2.95. The van der Waals surface area contributed by atoms with Crippen molar-refractivity contribution in [2.24, 2.45) is 5.92 Å². The van der Waals surface area contributed by atoms with E-state index in [2.05, 4.69) is 20.8 Å². The SMILES string of the molecule is CCCCC(=O)NC(C(=O)Nc1nnc(-c2ccc(Cl)cc2)s1)C(C)CC. The minimum Gasteiger partial charge on any atom is -0.344 e. The summed E-state index contributed by atoms with van der Waals surface area (Å²) in [5.74, 6) is -0.358. The van der Waals surface area contributed by atoms with Gasteiger partial charge in [0.25, 0.3) is 0 Å². The third-order valence-corrected chi connectivity index (χ3v) is 5.46. The molecule has 2 N–H and O–H groups in total. The number of benzene rings is 1. The first-order chi connectivity index (χ1) is 12.9. The number of hydrogen-bond acceptors (Lipinski definition) is 5. The van der Waals surface area contributed by atoms with Crippen LogP contribution in [0.4, 0.5) is 5.13 Å². The Kier molecular flexibility index (Phi) is 8.19. The number of nitrogens with zero attached hydrogens (tertiary/aromatic N) is 2.